The lowest BCUT2D eigenvalue weighted by atomic mass is 10.1. The summed E-state index contributed by atoms with van der Waals surface area (Å²) in [6.07, 6.45) is 0. The number of carbonyl (C=O) groups excluding carboxylic acids is 3. The molecule has 3 aromatic carbocycles. The van der Waals surface area contributed by atoms with E-state index in [-0.39, 0.29) is 23.8 Å². The Labute approximate surface area is 203 Å². The van der Waals surface area contributed by atoms with Crippen molar-refractivity contribution in [3.05, 3.63) is 101 Å². The highest BCUT2D eigenvalue weighted by atomic mass is 32.2. The number of rotatable bonds is 7. The maximum Gasteiger partial charge on any atom is 0.338 e. The second-order valence-corrected chi connectivity index (χ2v) is 9.01. The maximum atomic E-state index is 12.9. The molecule has 3 aromatic rings. The summed E-state index contributed by atoms with van der Waals surface area (Å²) >= 11 is 1.59. The van der Waals surface area contributed by atoms with Gasteiger partial charge in [-0.2, -0.15) is 0 Å². The fraction of sp³-hybridized carbons (Fsp3) is 0.222. The van der Waals surface area contributed by atoms with Gasteiger partial charge in [-0.3, -0.25) is 9.59 Å². The Kier molecular flexibility index (Phi) is 7.33. The molecular formula is C27H26N2O4S. The highest BCUT2D eigenvalue weighted by molar-refractivity contribution is 8.00. The fourth-order valence-electron chi connectivity index (χ4n) is 3.88. The molecule has 0 saturated carbocycles. The molecule has 1 fully saturated rings. The molecule has 1 aliphatic heterocycles. The fourth-order valence-corrected chi connectivity index (χ4v) is 5.06. The maximum absolute atomic E-state index is 12.9. The van der Waals surface area contributed by atoms with Crippen LogP contribution in [0.4, 0.5) is 5.69 Å². The quantitative estimate of drug-likeness (QED) is 0.477. The average molecular weight is 475 g/mol. The standard InChI is InChI=1S/C27H26N2O4S/c1-3-33-27(32)22-10-7-11-23(18(22)2)28-25(31)20-12-14-21(15-13-20)26-29(24(30)17-34-26)16-19-8-5-4-6-9-19/h4-15,26H,3,16-17H2,1-2H3,(H,28,31)/t26-/m1/s1. The lowest BCUT2D eigenvalue weighted by Crippen LogP contribution is -2.27. The third kappa shape index (κ3) is 5.15. The monoisotopic (exact) mass is 474 g/mol. The minimum absolute atomic E-state index is 0.0895. The van der Waals surface area contributed by atoms with Crippen LogP contribution < -0.4 is 5.32 Å². The molecule has 6 nitrogen and oxygen atoms in total. The zero-order chi connectivity index (χ0) is 24.1. The van der Waals surface area contributed by atoms with Crippen LogP contribution >= 0.6 is 11.8 Å². The van der Waals surface area contributed by atoms with Crippen molar-refractivity contribution >= 4 is 35.2 Å². The van der Waals surface area contributed by atoms with E-state index in [9.17, 15) is 14.4 Å². The number of hydrogen-bond donors (Lipinski definition) is 1. The van der Waals surface area contributed by atoms with Crippen molar-refractivity contribution in [2.45, 2.75) is 25.8 Å². The van der Waals surface area contributed by atoms with E-state index in [0.29, 0.717) is 34.7 Å². The SMILES string of the molecule is CCOC(=O)c1cccc(NC(=O)c2ccc([C@H]3SCC(=O)N3Cc3ccccc3)cc2)c1C. The largest absolute Gasteiger partial charge is 0.462 e. The molecule has 0 radical (unpaired) electrons. The Morgan fingerprint density at radius 2 is 1.76 bits per heavy atom. The molecule has 0 bridgehead atoms. The number of ether oxygens (including phenoxy) is 1. The van der Waals surface area contributed by atoms with Gasteiger partial charge in [-0.1, -0.05) is 48.5 Å². The van der Waals surface area contributed by atoms with E-state index < -0.39 is 5.97 Å². The minimum atomic E-state index is -0.413. The zero-order valence-electron chi connectivity index (χ0n) is 19.1. The Balaban J connectivity index is 1.47. The lowest BCUT2D eigenvalue weighted by molar-refractivity contribution is -0.128. The summed E-state index contributed by atoms with van der Waals surface area (Å²) in [5.41, 5.74) is 4.20. The number of hydrogen-bond acceptors (Lipinski definition) is 5. The molecule has 4 rings (SSSR count). The number of nitrogens with zero attached hydrogens (tertiary/aromatic N) is 1. The van der Waals surface area contributed by atoms with Crippen LogP contribution in [0.1, 0.15) is 49.7 Å². The van der Waals surface area contributed by atoms with Crippen molar-refractivity contribution in [2.75, 3.05) is 17.7 Å². The van der Waals surface area contributed by atoms with Crippen LogP contribution in [0.15, 0.2) is 72.8 Å². The summed E-state index contributed by atoms with van der Waals surface area (Å²) in [6.45, 7) is 4.37. The van der Waals surface area contributed by atoms with Gasteiger partial charge < -0.3 is 15.0 Å². The minimum Gasteiger partial charge on any atom is -0.462 e. The van der Waals surface area contributed by atoms with Crippen LogP contribution in [-0.2, 0) is 16.1 Å². The van der Waals surface area contributed by atoms with E-state index in [4.69, 9.17) is 4.74 Å². The van der Waals surface area contributed by atoms with E-state index in [1.54, 1.807) is 55.9 Å². The molecule has 1 atom stereocenters. The Morgan fingerprint density at radius 1 is 1.03 bits per heavy atom. The Bertz CT molecular complexity index is 1200. The molecule has 1 saturated heterocycles. The molecule has 1 aliphatic rings. The van der Waals surface area contributed by atoms with Crippen molar-refractivity contribution < 1.29 is 19.1 Å². The van der Waals surface area contributed by atoms with Crippen molar-refractivity contribution in [1.29, 1.82) is 0 Å². The molecule has 2 amide bonds. The first-order chi connectivity index (χ1) is 16.5. The highest BCUT2D eigenvalue weighted by Gasteiger charge is 2.32. The van der Waals surface area contributed by atoms with Gasteiger partial charge in [0.05, 0.1) is 17.9 Å². The number of nitrogens with one attached hydrogen (secondary N) is 1. The third-order valence-corrected chi connectivity index (χ3v) is 6.96. The number of thioether (sulfide) groups is 1. The Hall–Kier alpha value is -3.58. The van der Waals surface area contributed by atoms with Crippen LogP contribution in [0.2, 0.25) is 0 Å². The first kappa shape index (κ1) is 23.6. The van der Waals surface area contributed by atoms with Crippen molar-refractivity contribution in [3.63, 3.8) is 0 Å². The van der Waals surface area contributed by atoms with Gasteiger partial charge in [0.15, 0.2) is 0 Å². The molecule has 34 heavy (non-hydrogen) atoms. The summed E-state index contributed by atoms with van der Waals surface area (Å²) in [5, 5.41) is 2.80. The average Bonchev–Trinajstić information content (AvgIpc) is 3.21. The van der Waals surface area contributed by atoms with E-state index >= 15 is 0 Å². The van der Waals surface area contributed by atoms with Gasteiger partial charge in [-0.15, -0.1) is 11.8 Å². The van der Waals surface area contributed by atoms with E-state index in [1.165, 1.54) is 0 Å². The Morgan fingerprint density at radius 3 is 2.47 bits per heavy atom. The molecule has 1 N–H and O–H groups in total. The highest BCUT2D eigenvalue weighted by Crippen LogP contribution is 2.39. The van der Waals surface area contributed by atoms with Crippen LogP contribution in [-0.4, -0.2) is 35.0 Å². The van der Waals surface area contributed by atoms with Crippen molar-refractivity contribution in [3.8, 4) is 0 Å². The molecule has 1 heterocycles. The van der Waals surface area contributed by atoms with Gasteiger partial charge in [0.25, 0.3) is 5.91 Å². The first-order valence-electron chi connectivity index (χ1n) is 11.1. The molecule has 0 unspecified atom stereocenters. The number of amides is 2. The summed E-state index contributed by atoms with van der Waals surface area (Å²) in [5.74, 6) is -0.135. The summed E-state index contributed by atoms with van der Waals surface area (Å²) in [6, 6.07) is 22.4. The third-order valence-electron chi connectivity index (χ3n) is 5.70. The molecular weight excluding hydrogens is 448 g/mol. The number of esters is 1. The summed E-state index contributed by atoms with van der Waals surface area (Å²) in [7, 11) is 0. The lowest BCUT2D eigenvalue weighted by Gasteiger charge is -2.24. The number of anilines is 1. The molecule has 0 spiro atoms. The van der Waals surface area contributed by atoms with E-state index in [0.717, 1.165) is 11.1 Å². The van der Waals surface area contributed by atoms with Gasteiger partial charge in [0.1, 0.15) is 5.37 Å². The van der Waals surface area contributed by atoms with Crippen molar-refractivity contribution in [2.24, 2.45) is 0 Å². The topological polar surface area (TPSA) is 75.7 Å². The van der Waals surface area contributed by atoms with E-state index in [1.807, 2.05) is 47.4 Å². The van der Waals surface area contributed by atoms with Crippen LogP contribution in [0.3, 0.4) is 0 Å². The second kappa shape index (κ2) is 10.6. The van der Waals surface area contributed by atoms with Gasteiger partial charge in [-0.25, -0.2) is 4.79 Å². The van der Waals surface area contributed by atoms with Crippen LogP contribution in [0.5, 0.6) is 0 Å². The number of carbonyl (C=O) groups is 3. The number of benzene rings is 3. The molecule has 174 valence electrons. The van der Waals surface area contributed by atoms with Crippen LogP contribution in [0.25, 0.3) is 0 Å². The predicted octanol–water partition coefficient (Wildman–Crippen LogP) is 5.20. The normalized spacial score (nSPS) is 15.3. The van der Waals surface area contributed by atoms with Gasteiger partial charge in [-0.05, 0) is 54.8 Å². The smallest absolute Gasteiger partial charge is 0.338 e. The van der Waals surface area contributed by atoms with E-state index in [2.05, 4.69) is 5.32 Å². The summed E-state index contributed by atoms with van der Waals surface area (Å²) < 4.78 is 5.09. The van der Waals surface area contributed by atoms with Crippen molar-refractivity contribution in [1.82, 2.24) is 4.90 Å². The molecule has 0 aromatic heterocycles. The molecule has 7 heteroatoms. The zero-order valence-corrected chi connectivity index (χ0v) is 19.9. The predicted molar refractivity (Wildman–Crippen MR) is 134 cm³/mol. The summed E-state index contributed by atoms with van der Waals surface area (Å²) in [4.78, 5) is 39.4. The van der Waals surface area contributed by atoms with Gasteiger partial charge >= 0.3 is 5.97 Å². The first-order valence-corrected chi connectivity index (χ1v) is 12.2. The van der Waals surface area contributed by atoms with Gasteiger partial charge in [0.2, 0.25) is 5.91 Å². The molecule has 0 aliphatic carbocycles. The van der Waals surface area contributed by atoms with Gasteiger partial charge in [0, 0.05) is 17.8 Å². The second-order valence-electron chi connectivity index (χ2n) is 7.95. The van der Waals surface area contributed by atoms with Crippen LogP contribution in [0, 0.1) is 6.92 Å².